The van der Waals surface area contributed by atoms with Crippen LogP contribution in [0.3, 0.4) is 0 Å². The van der Waals surface area contributed by atoms with Crippen molar-refractivity contribution < 1.29 is 19.1 Å². The Kier molecular flexibility index (Phi) is 9.16. The fraction of sp³-hybridized carbons (Fsp3) is 0.773. The number of rotatable bonds is 9. The Morgan fingerprint density at radius 3 is 2.29 bits per heavy atom. The van der Waals surface area contributed by atoms with E-state index >= 15 is 0 Å². The monoisotopic (exact) mass is 392 g/mol. The average Bonchev–Trinajstić information content (AvgIpc) is 2.66. The van der Waals surface area contributed by atoms with Crippen molar-refractivity contribution in [1.82, 2.24) is 10.6 Å². The first-order valence-electron chi connectivity index (χ1n) is 10.7. The molecule has 158 valence electrons. The van der Waals surface area contributed by atoms with E-state index in [1.165, 1.54) is 0 Å². The van der Waals surface area contributed by atoms with Gasteiger partial charge in [0.15, 0.2) is 0 Å². The summed E-state index contributed by atoms with van der Waals surface area (Å²) in [5.41, 5.74) is 0. The van der Waals surface area contributed by atoms with Crippen molar-refractivity contribution in [2.24, 2.45) is 11.8 Å². The first kappa shape index (κ1) is 22.6. The lowest BCUT2D eigenvalue weighted by atomic mass is 9.90. The van der Waals surface area contributed by atoms with Crippen LogP contribution >= 0.6 is 0 Å². The van der Waals surface area contributed by atoms with Gasteiger partial charge in [-0.3, -0.25) is 14.4 Å². The summed E-state index contributed by atoms with van der Waals surface area (Å²) in [6, 6.07) is 0.312. The maximum absolute atomic E-state index is 12.1. The van der Waals surface area contributed by atoms with Crippen LogP contribution in [-0.2, 0) is 19.1 Å². The zero-order chi connectivity index (χ0) is 20.5. The molecule has 1 fully saturated rings. The van der Waals surface area contributed by atoms with Crippen LogP contribution in [0.2, 0.25) is 0 Å². The van der Waals surface area contributed by atoms with E-state index in [1.807, 2.05) is 26.0 Å². The first-order valence-corrected chi connectivity index (χ1v) is 10.7. The summed E-state index contributed by atoms with van der Waals surface area (Å²) < 4.78 is 5.92. The predicted octanol–water partition coefficient (Wildman–Crippen LogP) is 2.91. The molecule has 0 bridgehead atoms. The summed E-state index contributed by atoms with van der Waals surface area (Å²) in [5.74, 6) is 0.393. The molecule has 2 rings (SSSR count). The molecule has 28 heavy (non-hydrogen) atoms. The SMILES string of the molecule is CC(=O)[C@H]1C=C[C@H](NC(=O)CCCOC2CCC(NC(=O)C(C)C)CC2)CC1. The van der Waals surface area contributed by atoms with E-state index in [2.05, 4.69) is 10.6 Å². The third-order valence-electron chi connectivity index (χ3n) is 5.68. The number of carbonyl (C=O) groups is 3. The summed E-state index contributed by atoms with van der Waals surface area (Å²) in [4.78, 5) is 35.2. The van der Waals surface area contributed by atoms with Crippen LogP contribution < -0.4 is 10.6 Å². The van der Waals surface area contributed by atoms with Gasteiger partial charge in [0.1, 0.15) is 5.78 Å². The van der Waals surface area contributed by atoms with Gasteiger partial charge in [-0.2, -0.15) is 0 Å². The summed E-state index contributed by atoms with van der Waals surface area (Å²) in [5, 5.41) is 6.11. The third-order valence-corrected chi connectivity index (χ3v) is 5.68. The van der Waals surface area contributed by atoms with Crippen molar-refractivity contribution in [2.75, 3.05) is 6.61 Å². The lowest BCUT2D eigenvalue weighted by Crippen LogP contribution is -2.41. The molecular weight excluding hydrogens is 356 g/mol. The zero-order valence-corrected chi connectivity index (χ0v) is 17.5. The number of hydrogen-bond acceptors (Lipinski definition) is 4. The quantitative estimate of drug-likeness (QED) is 0.467. The van der Waals surface area contributed by atoms with E-state index in [0.29, 0.717) is 19.4 Å². The molecule has 0 spiro atoms. The molecular formula is C22H36N2O4. The lowest BCUT2D eigenvalue weighted by Gasteiger charge is -2.29. The first-order chi connectivity index (χ1) is 13.3. The van der Waals surface area contributed by atoms with Crippen LogP contribution in [0.4, 0.5) is 0 Å². The second-order valence-corrected chi connectivity index (χ2v) is 8.46. The van der Waals surface area contributed by atoms with Gasteiger partial charge in [-0.05, 0) is 51.9 Å². The Hall–Kier alpha value is -1.69. The second kappa shape index (κ2) is 11.3. The topological polar surface area (TPSA) is 84.5 Å². The molecule has 0 saturated heterocycles. The highest BCUT2D eigenvalue weighted by Gasteiger charge is 2.24. The molecule has 0 aromatic carbocycles. The van der Waals surface area contributed by atoms with E-state index in [1.54, 1.807) is 6.92 Å². The largest absolute Gasteiger partial charge is 0.378 e. The van der Waals surface area contributed by atoms with Gasteiger partial charge in [-0.1, -0.05) is 26.0 Å². The van der Waals surface area contributed by atoms with Crippen molar-refractivity contribution in [3.8, 4) is 0 Å². The van der Waals surface area contributed by atoms with Gasteiger partial charge in [0.2, 0.25) is 11.8 Å². The Balaban J connectivity index is 1.54. The summed E-state index contributed by atoms with van der Waals surface area (Å²) >= 11 is 0. The van der Waals surface area contributed by atoms with Gasteiger partial charge >= 0.3 is 0 Å². The van der Waals surface area contributed by atoms with Gasteiger partial charge < -0.3 is 15.4 Å². The maximum Gasteiger partial charge on any atom is 0.222 e. The minimum Gasteiger partial charge on any atom is -0.378 e. The Morgan fingerprint density at radius 2 is 1.71 bits per heavy atom. The normalized spacial score (nSPS) is 27.4. The molecule has 0 aliphatic heterocycles. The summed E-state index contributed by atoms with van der Waals surface area (Å²) in [6.07, 6.45) is 10.7. The molecule has 2 N–H and O–H groups in total. The predicted molar refractivity (Wildman–Crippen MR) is 109 cm³/mol. The van der Waals surface area contributed by atoms with E-state index < -0.39 is 0 Å². The number of Topliss-reactive ketones (excluding diaryl/α,β-unsaturated/α-hetero) is 1. The van der Waals surface area contributed by atoms with Crippen molar-refractivity contribution >= 4 is 17.6 Å². The van der Waals surface area contributed by atoms with Crippen molar-refractivity contribution in [2.45, 2.75) is 90.3 Å². The molecule has 1 saturated carbocycles. The fourth-order valence-electron chi connectivity index (χ4n) is 3.78. The van der Waals surface area contributed by atoms with Crippen LogP contribution in [0.15, 0.2) is 12.2 Å². The number of allylic oxidation sites excluding steroid dienone is 1. The third kappa shape index (κ3) is 7.74. The van der Waals surface area contributed by atoms with Crippen LogP contribution in [-0.4, -0.2) is 42.4 Å². The fourth-order valence-corrected chi connectivity index (χ4v) is 3.78. The van der Waals surface area contributed by atoms with Gasteiger partial charge in [0.05, 0.1) is 6.10 Å². The zero-order valence-electron chi connectivity index (χ0n) is 17.5. The molecule has 2 atom stereocenters. The number of amides is 2. The number of nitrogens with one attached hydrogen (secondary N) is 2. The molecule has 6 nitrogen and oxygen atoms in total. The highest BCUT2D eigenvalue weighted by atomic mass is 16.5. The highest BCUT2D eigenvalue weighted by Crippen LogP contribution is 2.22. The Labute approximate surface area is 168 Å². The molecule has 2 aliphatic carbocycles. The molecule has 2 aliphatic rings. The van der Waals surface area contributed by atoms with Gasteiger partial charge in [-0.25, -0.2) is 0 Å². The van der Waals surface area contributed by atoms with Crippen molar-refractivity contribution in [3.05, 3.63) is 12.2 Å². The molecule has 0 aromatic heterocycles. The van der Waals surface area contributed by atoms with Crippen molar-refractivity contribution in [1.29, 1.82) is 0 Å². The smallest absolute Gasteiger partial charge is 0.222 e. The minimum atomic E-state index is 0.00957. The van der Waals surface area contributed by atoms with Gasteiger partial charge in [0.25, 0.3) is 0 Å². The van der Waals surface area contributed by atoms with E-state index in [0.717, 1.165) is 38.5 Å². The van der Waals surface area contributed by atoms with Gasteiger partial charge in [0, 0.05) is 36.9 Å². The highest BCUT2D eigenvalue weighted by molar-refractivity contribution is 5.80. The average molecular weight is 393 g/mol. The second-order valence-electron chi connectivity index (χ2n) is 8.46. The van der Waals surface area contributed by atoms with Crippen molar-refractivity contribution in [3.63, 3.8) is 0 Å². The Morgan fingerprint density at radius 1 is 1.00 bits per heavy atom. The number of ether oxygens (including phenoxy) is 1. The lowest BCUT2D eigenvalue weighted by molar-refractivity contribution is -0.125. The minimum absolute atomic E-state index is 0.00957. The van der Waals surface area contributed by atoms with Gasteiger partial charge in [-0.15, -0.1) is 0 Å². The van der Waals surface area contributed by atoms with Crippen LogP contribution in [0.5, 0.6) is 0 Å². The number of hydrogen-bond donors (Lipinski definition) is 2. The van der Waals surface area contributed by atoms with E-state index in [-0.39, 0.29) is 47.6 Å². The summed E-state index contributed by atoms with van der Waals surface area (Å²) in [7, 11) is 0. The van der Waals surface area contributed by atoms with Crippen LogP contribution in [0.25, 0.3) is 0 Å². The Bertz CT molecular complexity index is 565. The molecule has 0 radical (unpaired) electrons. The molecule has 0 heterocycles. The standard InChI is InChI=1S/C22H36N2O4/c1-15(2)22(27)24-19-10-12-20(13-11-19)28-14-4-5-21(26)23-18-8-6-17(7-9-18)16(3)25/h6,8,15,17-20H,4-5,7,9-14H2,1-3H3,(H,23,26)(H,24,27)/t17-,18-,19?,20?/m0/s1. The van der Waals surface area contributed by atoms with Crippen LogP contribution in [0, 0.1) is 11.8 Å². The maximum atomic E-state index is 12.1. The molecule has 0 unspecified atom stereocenters. The molecule has 2 amide bonds. The molecule has 6 heteroatoms. The number of carbonyl (C=O) groups excluding carboxylic acids is 3. The molecule has 0 aromatic rings. The van der Waals surface area contributed by atoms with E-state index in [4.69, 9.17) is 4.74 Å². The van der Waals surface area contributed by atoms with Crippen LogP contribution in [0.1, 0.15) is 72.1 Å². The van der Waals surface area contributed by atoms with E-state index in [9.17, 15) is 14.4 Å². The summed E-state index contributed by atoms with van der Waals surface area (Å²) in [6.45, 7) is 6.03. The number of ketones is 1.